The SMILES string of the molecule is COc1cc(CSC(=S)n2ccnc2)cc(OC)c1OC. The quantitative estimate of drug-likeness (QED) is 0.788. The van der Waals surface area contributed by atoms with E-state index in [0.717, 1.165) is 9.88 Å². The molecule has 0 bridgehead atoms. The van der Waals surface area contributed by atoms with Crippen molar-refractivity contribution in [3.63, 3.8) is 0 Å². The average Bonchev–Trinajstić information content (AvgIpc) is 3.05. The van der Waals surface area contributed by atoms with Gasteiger partial charge < -0.3 is 14.2 Å². The molecular formula is C14H16N2O3S2. The van der Waals surface area contributed by atoms with Crippen LogP contribution < -0.4 is 14.2 Å². The summed E-state index contributed by atoms with van der Waals surface area (Å²) in [5.74, 6) is 2.57. The summed E-state index contributed by atoms with van der Waals surface area (Å²) in [7, 11) is 4.79. The molecule has 0 spiro atoms. The molecule has 0 unspecified atom stereocenters. The van der Waals surface area contributed by atoms with Crippen molar-refractivity contribution < 1.29 is 14.2 Å². The van der Waals surface area contributed by atoms with Crippen molar-refractivity contribution in [3.05, 3.63) is 36.4 Å². The molecule has 0 atom stereocenters. The molecule has 0 N–H and O–H groups in total. The van der Waals surface area contributed by atoms with Crippen LogP contribution in [0.3, 0.4) is 0 Å². The van der Waals surface area contributed by atoms with Crippen molar-refractivity contribution in [2.75, 3.05) is 21.3 Å². The number of nitrogens with zero attached hydrogens (tertiary/aromatic N) is 2. The molecule has 0 fully saturated rings. The van der Waals surface area contributed by atoms with Crippen LogP contribution in [0.2, 0.25) is 0 Å². The Labute approximate surface area is 133 Å². The summed E-state index contributed by atoms with van der Waals surface area (Å²) in [5.41, 5.74) is 1.04. The number of hydrogen-bond donors (Lipinski definition) is 0. The number of thiocarbonyl (C=S) groups is 1. The van der Waals surface area contributed by atoms with Gasteiger partial charge >= 0.3 is 0 Å². The zero-order valence-corrected chi connectivity index (χ0v) is 13.7. The summed E-state index contributed by atoms with van der Waals surface area (Å²) in [4.78, 5) is 3.98. The van der Waals surface area contributed by atoms with Gasteiger partial charge in [-0.05, 0) is 17.7 Å². The lowest BCUT2D eigenvalue weighted by Crippen LogP contribution is -2.02. The second kappa shape index (κ2) is 7.33. The molecule has 7 heteroatoms. The van der Waals surface area contributed by atoms with E-state index in [4.69, 9.17) is 26.4 Å². The molecule has 0 saturated heterocycles. The van der Waals surface area contributed by atoms with Crippen LogP contribution in [-0.4, -0.2) is 35.2 Å². The Morgan fingerprint density at radius 2 is 1.86 bits per heavy atom. The molecule has 0 aliphatic carbocycles. The summed E-state index contributed by atoms with van der Waals surface area (Å²) < 4.78 is 18.5. The standard InChI is InChI=1S/C14H16N2O3S2/c1-17-11-6-10(7-12(18-2)13(11)19-3)8-21-14(20)16-5-4-15-9-16/h4-7,9H,8H2,1-3H3. The summed E-state index contributed by atoms with van der Waals surface area (Å²) in [6.45, 7) is 0. The first-order valence-electron chi connectivity index (χ1n) is 6.13. The normalized spacial score (nSPS) is 10.2. The van der Waals surface area contributed by atoms with E-state index < -0.39 is 0 Å². The number of ether oxygens (including phenoxy) is 3. The monoisotopic (exact) mass is 324 g/mol. The van der Waals surface area contributed by atoms with Gasteiger partial charge in [0.25, 0.3) is 0 Å². The maximum atomic E-state index is 5.34. The van der Waals surface area contributed by atoms with Crippen LogP contribution in [0, 0.1) is 0 Å². The Hall–Kier alpha value is -1.73. The minimum Gasteiger partial charge on any atom is -0.493 e. The smallest absolute Gasteiger partial charge is 0.203 e. The molecule has 2 aromatic rings. The maximum absolute atomic E-state index is 5.34. The van der Waals surface area contributed by atoms with E-state index in [-0.39, 0.29) is 0 Å². The number of imidazole rings is 1. The number of aromatic nitrogens is 2. The van der Waals surface area contributed by atoms with Crippen LogP contribution in [0.25, 0.3) is 0 Å². The zero-order valence-electron chi connectivity index (χ0n) is 12.0. The third-order valence-corrected chi connectivity index (χ3v) is 4.30. The largest absolute Gasteiger partial charge is 0.493 e. The van der Waals surface area contributed by atoms with E-state index in [1.54, 1.807) is 50.2 Å². The molecule has 1 aromatic carbocycles. The van der Waals surface area contributed by atoms with Crippen LogP contribution in [0.15, 0.2) is 30.9 Å². The van der Waals surface area contributed by atoms with Gasteiger partial charge in [0, 0.05) is 18.1 Å². The summed E-state index contributed by atoms with van der Waals surface area (Å²) in [6.07, 6.45) is 5.21. The Balaban J connectivity index is 2.15. The van der Waals surface area contributed by atoms with Crippen LogP contribution in [0.1, 0.15) is 5.56 Å². The van der Waals surface area contributed by atoms with E-state index >= 15 is 0 Å². The van der Waals surface area contributed by atoms with Gasteiger partial charge in [-0.2, -0.15) is 0 Å². The van der Waals surface area contributed by atoms with Gasteiger partial charge in [-0.15, -0.1) is 0 Å². The number of hydrogen-bond acceptors (Lipinski definition) is 6. The summed E-state index contributed by atoms with van der Waals surface area (Å²) >= 11 is 6.88. The van der Waals surface area contributed by atoms with Gasteiger partial charge in [0.2, 0.25) is 5.75 Å². The fourth-order valence-corrected chi connectivity index (χ4v) is 2.80. The molecule has 0 saturated carbocycles. The van der Waals surface area contributed by atoms with Gasteiger partial charge in [0.1, 0.15) is 10.6 Å². The lowest BCUT2D eigenvalue weighted by molar-refractivity contribution is 0.324. The lowest BCUT2D eigenvalue weighted by atomic mass is 10.2. The molecule has 2 rings (SSSR count). The van der Waals surface area contributed by atoms with Crippen molar-refractivity contribution in [1.29, 1.82) is 0 Å². The highest BCUT2D eigenvalue weighted by molar-refractivity contribution is 8.22. The van der Waals surface area contributed by atoms with E-state index in [9.17, 15) is 0 Å². The topological polar surface area (TPSA) is 45.5 Å². The van der Waals surface area contributed by atoms with E-state index in [0.29, 0.717) is 23.0 Å². The molecule has 1 aromatic heterocycles. The van der Waals surface area contributed by atoms with Gasteiger partial charge in [-0.3, -0.25) is 4.57 Å². The van der Waals surface area contributed by atoms with Crippen LogP contribution in [-0.2, 0) is 5.75 Å². The second-order valence-corrected chi connectivity index (χ2v) is 5.67. The predicted octanol–water partition coefficient (Wildman–Crippen LogP) is 2.98. The Morgan fingerprint density at radius 1 is 1.19 bits per heavy atom. The predicted molar refractivity (Wildman–Crippen MR) is 87.6 cm³/mol. The number of methoxy groups -OCH3 is 3. The number of thioether (sulfide) groups is 1. The molecule has 0 aliphatic rings. The molecular weight excluding hydrogens is 308 g/mol. The number of benzene rings is 1. The molecule has 1 heterocycles. The molecule has 5 nitrogen and oxygen atoms in total. The average molecular weight is 324 g/mol. The summed E-state index contributed by atoms with van der Waals surface area (Å²) in [5, 5.41) is 0. The molecule has 21 heavy (non-hydrogen) atoms. The maximum Gasteiger partial charge on any atom is 0.203 e. The fourth-order valence-electron chi connectivity index (χ4n) is 1.81. The second-order valence-electron chi connectivity index (χ2n) is 4.06. The Morgan fingerprint density at radius 3 is 2.33 bits per heavy atom. The van der Waals surface area contributed by atoms with Crippen LogP contribution >= 0.6 is 24.0 Å². The van der Waals surface area contributed by atoms with Crippen LogP contribution in [0.4, 0.5) is 0 Å². The first kappa shape index (κ1) is 15.7. The van der Waals surface area contributed by atoms with Gasteiger partial charge in [-0.25, -0.2) is 4.98 Å². The third kappa shape index (κ3) is 3.68. The molecule has 112 valence electrons. The van der Waals surface area contributed by atoms with Crippen molar-refractivity contribution in [3.8, 4) is 17.2 Å². The highest BCUT2D eigenvalue weighted by Crippen LogP contribution is 2.39. The molecule has 0 amide bonds. The summed E-state index contributed by atoms with van der Waals surface area (Å²) in [6, 6.07) is 3.84. The third-order valence-electron chi connectivity index (χ3n) is 2.80. The number of rotatable bonds is 5. The van der Waals surface area contributed by atoms with Gasteiger partial charge in [-0.1, -0.05) is 24.0 Å². The molecule has 0 radical (unpaired) electrons. The lowest BCUT2D eigenvalue weighted by Gasteiger charge is -2.14. The highest BCUT2D eigenvalue weighted by atomic mass is 32.2. The molecule has 0 aliphatic heterocycles. The van der Waals surface area contributed by atoms with E-state index in [2.05, 4.69) is 4.98 Å². The van der Waals surface area contributed by atoms with Crippen molar-refractivity contribution in [2.45, 2.75) is 5.75 Å². The Kier molecular flexibility index (Phi) is 5.46. The van der Waals surface area contributed by atoms with E-state index in [1.807, 2.05) is 18.3 Å². The highest BCUT2D eigenvalue weighted by Gasteiger charge is 2.13. The van der Waals surface area contributed by atoms with Crippen molar-refractivity contribution in [2.24, 2.45) is 0 Å². The van der Waals surface area contributed by atoms with Crippen molar-refractivity contribution in [1.82, 2.24) is 9.55 Å². The van der Waals surface area contributed by atoms with Crippen molar-refractivity contribution >= 4 is 28.3 Å². The minimum atomic E-state index is 0.589. The zero-order chi connectivity index (χ0) is 15.2. The first-order chi connectivity index (χ1) is 10.2. The van der Waals surface area contributed by atoms with Gasteiger partial charge in [0.05, 0.1) is 21.3 Å². The van der Waals surface area contributed by atoms with Crippen LogP contribution in [0.5, 0.6) is 17.2 Å². The van der Waals surface area contributed by atoms with Gasteiger partial charge in [0.15, 0.2) is 11.5 Å². The Bertz CT molecular complexity index is 590. The first-order valence-corrected chi connectivity index (χ1v) is 7.53. The van der Waals surface area contributed by atoms with E-state index in [1.165, 1.54) is 0 Å². The minimum absolute atomic E-state index is 0.589. The fraction of sp³-hybridized carbons (Fsp3) is 0.286.